The number of hydrogen-bond donors (Lipinski definition) is 1. The Kier molecular flexibility index (Phi) is 6.91. The van der Waals surface area contributed by atoms with Gasteiger partial charge in [0.1, 0.15) is 0 Å². The third-order valence-corrected chi connectivity index (χ3v) is 7.61. The number of ether oxygens (including phenoxy) is 1. The van der Waals surface area contributed by atoms with E-state index < -0.39 is 10.0 Å². The van der Waals surface area contributed by atoms with Gasteiger partial charge in [0.05, 0.1) is 11.1 Å². The van der Waals surface area contributed by atoms with Crippen LogP contribution >= 0.6 is 11.3 Å². The number of rotatable bonds is 7. The van der Waals surface area contributed by atoms with Gasteiger partial charge in [0, 0.05) is 56.4 Å². The van der Waals surface area contributed by atoms with Gasteiger partial charge in [0.15, 0.2) is 0 Å². The zero-order valence-corrected chi connectivity index (χ0v) is 17.7. The number of thiophene rings is 1. The van der Waals surface area contributed by atoms with Crippen molar-refractivity contribution in [2.45, 2.75) is 38.3 Å². The van der Waals surface area contributed by atoms with Crippen molar-refractivity contribution in [1.29, 1.82) is 0 Å². The van der Waals surface area contributed by atoms with Gasteiger partial charge >= 0.3 is 0 Å². The summed E-state index contributed by atoms with van der Waals surface area (Å²) < 4.78 is 30.8. The van der Waals surface area contributed by atoms with Gasteiger partial charge in [0.25, 0.3) is 5.91 Å². The minimum atomic E-state index is -3.15. The van der Waals surface area contributed by atoms with E-state index in [1.54, 1.807) is 4.31 Å². The van der Waals surface area contributed by atoms with E-state index in [9.17, 15) is 13.2 Å². The fraction of sp³-hybridized carbons (Fsp3) is 0.722. The van der Waals surface area contributed by atoms with E-state index in [0.29, 0.717) is 25.7 Å². The molecule has 1 aromatic heterocycles. The summed E-state index contributed by atoms with van der Waals surface area (Å²) in [5.74, 6) is -0.0378. The lowest BCUT2D eigenvalue weighted by molar-refractivity contribution is 0.0194. The molecule has 2 aliphatic rings. The van der Waals surface area contributed by atoms with E-state index >= 15 is 0 Å². The average Bonchev–Trinajstić information content (AvgIpc) is 3.28. The molecule has 27 heavy (non-hydrogen) atoms. The summed E-state index contributed by atoms with van der Waals surface area (Å²) in [6.07, 6.45) is 4.01. The summed E-state index contributed by atoms with van der Waals surface area (Å²) in [6, 6.07) is 4.38. The van der Waals surface area contributed by atoms with Crippen LogP contribution in [-0.2, 0) is 14.8 Å². The predicted octanol–water partition coefficient (Wildman–Crippen LogP) is 1.30. The van der Waals surface area contributed by atoms with Crippen molar-refractivity contribution in [2.24, 2.45) is 0 Å². The molecule has 1 N–H and O–H groups in total. The molecule has 0 aliphatic carbocycles. The molecule has 152 valence electrons. The lowest BCUT2D eigenvalue weighted by Gasteiger charge is -2.38. The fourth-order valence-corrected chi connectivity index (χ4v) is 5.57. The van der Waals surface area contributed by atoms with Gasteiger partial charge in [-0.15, -0.1) is 11.3 Å². The maximum Gasteiger partial charge on any atom is 0.261 e. The van der Waals surface area contributed by atoms with Crippen LogP contribution in [0.4, 0.5) is 0 Å². The molecule has 2 aliphatic heterocycles. The van der Waals surface area contributed by atoms with E-state index in [0.717, 1.165) is 48.8 Å². The Morgan fingerprint density at radius 3 is 2.63 bits per heavy atom. The van der Waals surface area contributed by atoms with Gasteiger partial charge in [0.2, 0.25) is 10.0 Å². The van der Waals surface area contributed by atoms with Crippen LogP contribution < -0.4 is 5.32 Å². The first kappa shape index (κ1) is 20.7. The standard InChI is InChI=1S/C18H29N3O4S2/c1-14-3-4-17(26-14)18(22)19-8-10-21(15-6-11-25-12-7-15)16-5-9-20(13-16)27(2,23)24/h3-4,15-16H,5-13H2,1-2H3,(H,19,22). The van der Waals surface area contributed by atoms with E-state index in [1.807, 2.05) is 19.1 Å². The van der Waals surface area contributed by atoms with E-state index in [-0.39, 0.29) is 11.9 Å². The highest BCUT2D eigenvalue weighted by molar-refractivity contribution is 7.88. The van der Waals surface area contributed by atoms with Crippen LogP contribution in [0.25, 0.3) is 0 Å². The van der Waals surface area contributed by atoms with Gasteiger partial charge < -0.3 is 10.1 Å². The summed E-state index contributed by atoms with van der Waals surface area (Å²) in [6.45, 7) is 5.86. The highest BCUT2D eigenvalue weighted by Gasteiger charge is 2.35. The van der Waals surface area contributed by atoms with Crippen molar-refractivity contribution in [1.82, 2.24) is 14.5 Å². The van der Waals surface area contributed by atoms with Crippen molar-refractivity contribution >= 4 is 27.3 Å². The Morgan fingerprint density at radius 1 is 1.30 bits per heavy atom. The monoisotopic (exact) mass is 415 g/mol. The van der Waals surface area contributed by atoms with Gasteiger partial charge in [-0.25, -0.2) is 12.7 Å². The second kappa shape index (κ2) is 9.00. The Labute approximate surface area is 165 Å². The molecule has 1 aromatic rings. The summed E-state index contributed by atoms with van der Waals surface area (Å²) in [4.78, 5) is 16.5. The SMILES string of the molecule is Cc1ccc(C(=O)NCCN(C2CCOCC2)C2CCN(S(C)(=O)=O)C2)s1. The van der Waals surface area contributed by atoms with Crippen molar-refractivity contribution < 1.29 is 17.9 Å². The number of nitrogens with zero attached hydrogens (tertiary/aromatic N) is 2. The van der Waals surface area contributed by atoms with Crippen LogP contribution in [-0.4, -0.2) is 81.3 Å². The quantitative estimate of drug-likeness (QED) is 0.726. The molecule has 1 atom stereocenters. The summed E-state index contributed by atoms with van der Waals surface area (Å²) in [5.41, 5.74) is 0. The predicted molar refractivity (Wildman–Crippen MR) is 107 cm³/mol. The summed E-state index contributed by atoms with van der Waals surface area (Å²) in [5, 5.41) is 3.01. The first-order valence-electron chi connectivity index (χ1n) is 9.48. The zero-order valence-electron chi connectivity index (χ0n) is 16.0. The number of aryl methyl sites for hydroxylation is 1. The Bertz CT molecular complexity index is 744. The number of nitrogens with one attached hydrogen (secondary N) is 1. The molecular weight excluding hydrogens is 386 g/mol. The average molecular weight is 416 g/mol. The molecule has 3 heterocycles. The number of amides is 1. The molecule has 2 saturated heterocycles. The summed E-state index contributed by atoms with van der Waals surface area (Å²) in [7, 11) is -3.15. The highest BCUT2D eigenvalue weighted by Crippen LogP contribution is 2.24. The zero-order chi connectivity index (χ0) is 19.4. The van der Waals surface area contributed by atoms with Crippen LogP contribution in [0.5, 0.6) is 0 Å². The molecule has 9 heteroatoms. The lowest BCUT2D eigenvalue weighted by atomic mass is 10.0. The minimum Gasteiger partial charge on any atom is -0.381 e. The number of carbonyl (C=O) groups excluding carboxylic acids is 1. The van der Waals surface area contributed by atoms with Gasteiger partial charge in [-0.05, 0) is 38.3 Å². The third kappa shape index (κ3) is 5.51. The summed E-state index contributed by atoms with van der Waals surface area (Å²) >= 11 is 1.50. The molecule has 7 nitrogen and oxygen atoms in total. The second-order valence-corrected chi connectivity index (χ2v) is 10.6. The first-order chi connectivity index (χ1) is 12.8. The maximum atomic E-state index is 12.3. The van der Waals surface area contributed by atoms with E-state index in [4.69, 9.17) is 4.74 Å². The van der Waals surface area contributed by atoms with Crippen LogP contribution in [0, 0.1) is 6.92 Å². The van der Waals surface area contributed by atoms with Crippen molar-refractivity contribution in [3.8, 4) is 0 Å². The molecule has 1 unspecified atom stereocenters. The second-order valence-electron chi connectivity index (χ2n) is 7.31. The van der Waals surface area contributed by atoms with Crippen LogP contribution in [0.2, 0.25) is 0 Å². The smallest absolute Gasteiger partial charge is 0.261 e. The number of carbonyl (C=O) groups is 1. The van der Waals surface area contributed by atoms with E-state index in [1.165, 1.54) is 17.6 Å². The molecule has 3 rings (SSSR count). The topological polar surface area (TPSA) is 79.0 Å². The molecular formula is C18H29N3O4S2. The van der Waals surface area contributed by atoms with Crippen molar-refractivity contribution in [2.75, 3.05) is 45.6 Å². The fourth-order valence-electron chi connectivity index (χ4n) is 3.90. The van der Waals surface area contributed by atoms with Crippen LogP contribution in [0.1, 0.15) is 33.8 Å². The number of sulfonamides is 1. The lowest BCUT2D eigenvalue weighted by Crippen LogP contribution is -2.50. The molecule has 1 amide bonds. The number of hydrogen-bond acceptors (Lipinski definition) is 6. The Hall–Kier alpha value is -1.00. The Balaban J connectivity index is 1.59. The van der Waals surface area contributed by atoms with Crippen molar-refractivity contribution in [3.05, 3.63) is 21.9 Å². The largest absolute Gasteiger partial charge is 0.381 e. The van der Waals surface area contributed by atoms with E-state index in [2.05, 4.69) is 10.2 Å². The minimum absolute atomic E-state index is 0.0378. The molecule has 0 radical (unpaired) electrons. The van der Waals surface area contributed by atoms with Crippen LogP contribution in [0.3, 0.4) is 0 Å². The Morgan fingerprint density at radius 2 is 2.04 bits per heavy atom. The van der Waals surface area contributed by atoms with Crippen LogP contribution in [0.15, 0.2) is 12.1 Å². The van der Waals surface area contributed by atoms with Gasteiger partial charge in [-0.2, -0.15) is 0 Å². The van der Waals surface area contributed by atoms with Crippen molar-refractivity contribution in [3.63, 3.8) is 0 Å². The first-order valence-corrected chi connectivity index (χ1v) is 12.1. The molecule has 2 fully saturated rings. The third-order valence-electron chi connectivity index (χ3n) is 5.34. The van der Waals surface area contributed by atoms with Gasteiger partial charge in [-0.3, -0.25) is 9.69 Å². The molecule has 0 saturated carbocycles. The normalized spacial score (nSPS) is 22.4. The van der Waals surface area contributed by atoms with Gasteiger partial charge in [-0.1, -0.05) is 0 Å². The molecule has 0 spiro atoms. The molecule has 0 aromatic carbocycles. The maximum absolute atomic E-state index is 12.3. The highest BCUT2D eigenvalue weighted by atomic mass is 32.2. The molecule has 0 bridgehead atoms.